The number of hydrogen-bond donors (Lipinski definition) is 1. The summed E-state index contributed by atoms with van der Waals surface area (Å²) in [6.07, 6.45) is 3.66. The summed E-state index contributed by atoms with van der Waals surface area (Å²) in [6.45, 7) is 2.96. The number of likely N-dealkylation sites (tertiary alicyclic amines) is 1. The second-order valence-electron chi connectivity index (χ2n) is 5.58. The van der Waals surface area contributed by atoms with Gasteiger partial charge in [0.25, 0.3) is 0 Å². The molecular weight excluding hydrogens is 250 g/mol. The lowest BCUT2D eigenvalue weighted by Crippen LogP contribution is -2.47. The van der Waals surface area contributed by atoms with E-state index in [1.807, 2.05) is 13.1 Å². The first-order chi connectivity index (χ1) is 9.70. The Labute approximate surface area is 121 Å². The smallest absolute Gasteiger partial charge is 0.236 e. The molecule has 0 spiro atoms. The topological polar surface area (TPSA) is 49.6 Å². The summed E-state index contributed by atoms with van der Waals surface area (Å²) < 4.78 is 0. The number of rotatable bonds is 5. The van der Waals surface area contributed by atoms with E-state index in [1.54, 1.807) is 4.90 Å². The van der Waals surface area contributed by atoms with Gasteiger partial charge in [-0.15, -0.1) is 0 Å². The molecule has 4 nitrogen and oxygen atoms in total. The van der Waals surface area contributed by atoms with E-state index in [9.17, 15) is 4.79 Å². The van der Waals surface area contributed by atoms with Crippen LogP contribution in [0.4, 0.5) is 0 Å². The maximum absolute atomic E-state index is 11.6. The van der Waals surface area contributed by atoms with Gasteiger partial charge in [0.15, 0.2) is 0 Å². The number of amides is 1. The Bertz CT molecular complexity index is 421. The van der Waals surface area contributed by atoms with E-state index < -0.39 is 0 Å². The highest BCUT2D eigenvalue weighted by molar-refractivity contribution is 5.77. The summed E-state index contributed by atoms with van der Waals surface area (Å²) in [5.41, 5.74) is 6.77. The fourth-order valence-corrected chi connectivity index (χ4v) is 2.87. The number of nitrogens with two attached hydrogens (primary N) is 1. The molecule has 0 aromatic heterocycles. The van der Waals surface area contributed by atoms with Crippen LogP contribution in [0.3, 0.4) is 0 Å². The monoisotopic (exact) mass is 275 g/mol. The number of carbonyl (C=O) groups is 1. The highest BCUT2D eigenvalue weighted by Gasteiger charge is 2.24. The Morgan fingerprint density at radius 1 is 1.35 bits per heavy atom. The van der Waals surface area contributed by atoms with Crippen molar-refractivity contribution in [3.8, 4) is 0 Å². The van der Waals surface area contributed by atoms with E-state index in [0.29, 0.717) is 6.04 Å². The molecule has 1 aromatic rings. The van der Waals surface area contributed by atoms with Crippen LogP contribution in [0.5, 0.6) is 0 Å². The molecular formula is C16H25N3O. The molecule has 1 aromatic carbocycles. The molecule has 4 heteroatoms. The summed E-state index contributed by atoms with van der Waals surface area (Å²) in [5, 5.41) is 0. The average molecular weight is 275 g/mol. The molecule has 1 aliphatic rings. The van der Waals surface area contributed by atoms with Gasteiger partial charge in [0.05, 0.1) is 6.54 Å². The minimum absolute atomic E-state index is 0.0234. The third-order valence-electron chi connectivity index (χ3n) is 4.06. The Balaban J connectivity index is 1.96. The molecule has 110 valence electrons. The molecule has 2 N–H and O–H groups in total. The van der Waals surface area contributed by atoms with Crippen molar-refractivity contribution in [2.75, 3.05) is 26.7 Å². The van der Waals surface area contributed by atoms with Crippen LogP contribution in [-0.2, 0) is 11.3 Å². The fraction of sp³-hybridized carbons (Fsp3) is 0.562. The van der Waals surface area contributed by atoms with E-state index in [-0.39, 0.29) is 12.5 Å². The normalized spacial score (nSPS) is 19.8. The number of carbonyl (C=O) groups excluding carboxylic acids is 1. The van der Waals surface area contributed by atoms with Crippen molar-refractivity contribution in [3.05, 3.63) is 35.9 Å². The lowest BCUT2D eigenvalue weighted by molar-refractivity contribution is -0.129. The summed E-state index contributed by atoms with van der Waals surface area (Å²) in [7, 11) is 1.85. The third kappa shape index (κ3) is 4.05. The second-order valence-corrected chi connectivity index (χ2v) is 5.58. The molecule has 1 saturated heterocycles. The summed E-state index contributed by atoms with van der Waals surface area (Å²) >= 11 is 0. The SMILES string of the molecule is CN(C[C@@H]1CCCCN1Cc1ccccc1)C(=O)CN. The molecule has 1 fully saturated rings. The van der Waals surface area contributed by atoms with Crippen molar-refractivity contribution in [1.29, 1.82) is 0 Å². The Hall–Kier alpha value is -1.39. The zero-order chi connectivity index (χ0) is 14.4. The van der Waals surface area contributed by atoms with E-state index in [1.165, 1.54) is 18.4 Å². The first-order valence-corrected chi connectivity index (χ1v) is 7.42. The van der Waals surface area contributed by atoms with Gasteiger partial charge in [-0.05, 0) is 24.9 Å². The van der Waals surface area contributed by atoms with Gasteiger partial charge in [-0.25, -0.2) is 0 Å². The molecule has 1 heterocycles. The quantitative estimate of drug-likeness (QED) is 0.885. The predicted molar refractivity (Wildman–Crippen MR) is 81.2 cm³/mol. The average Bonchev–Trinajstić information content (AvgIpc) is 2.49. The molecule has 0 aliphatic carbocycles. The molecule has 20 heavy (non-hydrogen) atoms. The van der Waals surface area contributed by atoms with Crippen molar-refractivity contribution in [3.63, 3.8) is 0 Å². The lowest BCUT2D eigenvalue weighted by atomic mass is 10.0. The van der Waals surface area contributed by atoms with Gasteiger partial charge in [0.2, 0.25) is 5.91 Å². The Morgan fingerprint density at radius 2 is 2.10 bits per heavy atom. The minimum Gasteiger partial charge on any atom is -0.343 e. The molecule has 1 aliphatic heterocycles. The molecule has 0 saturated carbocycles. The van der Waals surface area contributed by atoms with Crippen molar-refractivity contribution < 1.29 is 4.79 Å². The summed E-state index contributed by atoms with van der Waals surface area (Å²) in [4.78, 5) is 15.9. The fourth-order valence-electron chi connectivity index (χ4n) is 2.87. The van der Waals surface area contributed by atoms with E-state index in [0.717, 1.165) is 26.1 Å². The van der Waals surface area contributed by atoms with Crippen molar-refractivity contribution in [1.82, 2.24) is 9.80 Å². The number of piperidine rings is 1. The Morgan fingerprint density at radius 3 is 2.80 bits per heavy atom. The van der Waals surface area contributed by atoms with Crippen molar-refractivity contribution >= 4 is 5.91 Å². The van der Waals surface area contributed by atoms with Gasteiger partial charge in [-0.3, -0.25) is 9.69 Å². The predicted octanol–water partition coefficient (Wildman–Crippen LogP) is 1.46. The van der Waals surface area contributed by atoms with Gasteiger partial charge < -0.3 is 10.6 Å². The lowest BCUT2D eigenvalue weighted by Gasteiger charge is -2.37. The van der Waals surface area contributed by atoms with Crippen LogP contribution < -0.4 is 5.73 Å². The largest absolute Gasteiger partial charge is 0.343 e. The van der Waals surface area contributed by atoms with Crippen LogP contribution in [0.1, 0.15) is 24.8 Å². The molecule has 0 radical (unpaired) electrons. The first-order valence-electron chi connectivity index (χ1n) is 7.42. The zero-order valence-corrected chi connectivity index (χ0v) is 12.3. The standard InChI is InChI=1S/C16H25N3O/c1-18(16(20)11-17)13-15-9-5-6-10-19(15)12-14-7-3-2-4-8-14/h2-4,7-8,15H,5-6,9-13,17H2,1H3/t15-/m0/s1. The molecule has 1 amide bonds. The summed E-state index contributed by atoms with van der Waals surface area (Å²) in [6, 6.07) is 11.0. The highest BCUT2D eigenvalue weighted by atomic mass is 16.2. The number of nitrogens with zero attached hydrogens (tertiary/aromatic N) is 2. The van der Waals surface area contributed by atoms with Gasteiger partial charge in [-0.1, -0.05) is 36.8 Å². The van der Waals surface area contributed by atoms with Crippen LogP contribution in [-0.4, -0.2) is 48.4 Å². The van der Waals surface area contributed by atoms with Gasteiger partial charge in [0.1, 0.15) is 0 Å². The van der Waals surface area contributed by atoms with Crippen molar-refractivity contribution in [2.45, 2.75) is 31.8 Å². The van der Waals surface area contributed by atoms with Gasteiger partial charge in [-0.2, -0.15) is 0 Å². The zero-order valence-electron chi connectivity index (χ0n) is 12.3. The van der Waals surface area contributed by atoms with Crippen LogP contribution in [0.25, 0.3) is 0 Å². The number of likely N-dealkylation sites (N-methyl/N-ethyl adjacent to an activating group) is 1. The van der Waals surface area contributed by atoms with Crippen LogP contribution in [0, 0.1) is 0 Å². The van der Waals surface area contributed by atoms with Crippen LogP contribution in [0.2, 0.25) is 0 Å². The minimum atomic E-state index is 0.0234. The van der Waals surface area contributed by atoms with Crippen molar-refractivity contribution in [2.24, 2.45) is 5.73 Å². The maximum atomic E-state index is 11.6. The maximum Gasteiger partial charge on any atom is 0.236 e. The van der Waals surface area contributed by atoms with E-state index in [2.05, 4.69) is 29.2 Å². The Kier molecular flexibility index (Phi) is 5.56. The molecule has 0 unspecified atom stereocenters. The van der Waals surface area contributed by atoms with Crippen LogP contribution in [0.15, 0.2) is 30.3 Å². The first kappa shape index (κ1) is 15.0. The van der Waals surface area contributed by atoms with Gasteiger partial charge >= 0.3 is 0 Å². The number of hydrogen-bond acceptors (Lipinski definition) is 3. The van der Waals surface area contributed by atoms with Crippen LogP contribution >= 0.6 is 0 Å². The third-order valence-corrected chi connectivity index (χ3v) is 4.06. The van der Waals surface area contributed by atoms with Gasteiger partial charge in [0, 0.05) is 26.2 Å². The second kappa shape index (κ2) is 7.41. The number of benzene rings is 1. The van der Waals surface area contributed by atoms with E-state index in [4.69, 9.17) is 5.73 Å². The molecule has 0 bridgehead atoms. The molecule has 2 rings (SSSR count). The highest BCUT2D eigenvalue weighted by Crippen LogP contribution is 2.20. The molecule has 1 atom stereocenters. The summed E-state index contributed by atoms with van der Waals surface area (Å²) in [5.74, 6) is 0.0234. The van der Waals surface area contributed by atoms with E-state index >= 15 is 0 Å².